The molecule has 128 valence electrons. The van der Waals surface area contributed by atoms with Gasteiger partial charge in [0.05, 0.1) is 11.9 Å². The van der Waals surface area contributed by atoms with E-state index in [1.54, 1.807) is 13.4 Å². The highest BCUT2D eigenvalue weighted by Crippen LogP contribution is 2.22. The van der Waals surface area contributed by atoms with Crippen LogP contribution in [-0.2, 0) is 16.1 Å². The van der Waals surface area contributed by atoms with Gasteiger partial charge >= 0.3 is 0 Å². The summed E-state index contributed by atoms with van der Waals surface area (Å²) >= 11 is 1.43. The zero-order chi connectivity index (χ0) is 16.5. The average Bonchev–Trinajstić information content (AvgIpc) is 3.00. The van der Waals surface area contributed by atoms with Crippen LogP contribution < -0.4 is 5.32 Å². The van der Waals surface area contributed by atoms with Crippen LogP contribution in [0.3, 0.4) is 0 Å². The van der Waals surface area contributed by atoms with Gasteiger partial charge in [-0.2, -0.15) is 0 Å². The van der Waals surface area contributed by atoms with E-state index in [4.69, 9.17) is 4.74 Å². The average molecular weight is 338 g/mol. The predicted molar refractivity (Wildman–Crippen MR) is 91.4 cm³/mol. The maximum atomic E-state index is 12.2. The molecule has 0 saturated carbocycles. The zero-order valence-corrected chi connectivity index (χ0v) is 14.8. The van der Waals surface area contributed by atoms with E-state index in [1.807, 2.05) is 11.5 Å². The van der Waals surface area contributed by atoms with Crippen LogP contribution in [0.15, 0.2) is 23.1 Å². The van der Waals surface area contributed by atoms with Crippen molar-refractivity contribution in [2.75, 3.05) is 20.3 Å². The number of methoxy groups -OCH3 is 1. The van der Waals surface area contributed by atoms with Gasteiger partial charge in [-0.3, -0.25) is 4.79 Å². The van der Waals surface area contributed by atoms with Crippen molar-refractivity contribution in [3.8, 4) is 0 Å². The minimum Gasteiger partial charge on any atom is -0.383 e. The first kappa shape index (κ1) is 18.0. The summed E-state index contributed by atoms with van der Waals surface area (Å²) in [5.74, 6) is 0.0488. The third kappa shape index (κ3) is 5.99. The molecule has 1 amide bonds. The van der Waals surface area contributed by atoms with Gasteiger partial charge in [-0.1, -0.05) is 23.4 Å². The number of carbonyl (C=O) groups excluding carboxylic acids is 1. The Morgan fingerprint density at radius 3 is 3.13 bits per heavy atom. The van der Waals surface area contributed by atoms with Gasteiger partial charge in [-0.25, -0.2) is 0 Å². The van der Waals surface area contributed by atoms with Crippen molar-refractivity contribution in [1.82, 2.24) is 20.1 Å². The number of amides is 1. The standard InChI is InChI=1S/C16H26N4O2S/c1-13(23-16-19-18-12-20(16)10-11-22-2)15(21)17-9-8-14-6-4-3-5-7-14/h6,12-13H,3-5,7-11H2,1-2H3,(H,17,21). The number of aromatic nitrogens is 3. The lowest BCUT2D eigenvalue weighted by Crippen LogP contribution is -2.32. The molecule has 1 aromatic rings. The third-order valence-electron chi connectivity index (χ3n) is 3.90. The molecular formula is C16H26N4O2S. The predicted octanol–water partition coefficient (Wildman–Crippen LogP) is 2.41. The Balaban J connectivity index is 1.74. The number of ether oxygens (including phenoxy) is 1. The molecular weight excluding hydrogens is 312 g/mol. The van der Waals surface area contributed by atoms with Crippen molar-refractivity contribution in [2.24, 2.45) is 0 Å². The van der Waals surface area contributed by atoms with Crippen molar-refractivity contribution < 1.29 is 9.53 Å². The SMILES string of the molecule is COCCn1cnnc1SC(C)C(=O)NCCC1=CCCCC1. The molecule has 1 heterocycles. The van der Waals surface area contributed by atoms with E-state index in [-0.39, 0.29) is 11.2 Å². The first-order valence-electron chi connectivity index (χ1n) is 8.19. The molecule has 0 radical (unpaired) electrons. The quantitative estimate of drug-likeness (QED) is 0.553. The third-order valence-corrected chi connectivity index (χ3v) is 4.99. The molecule has 1 aromatic heterocycles. The highest BCUT2D eigenvalue weighted by molar-refractivity contribution is 8.00. The number of nitrogens with one attached hydrogen (secondary N) is 1. The number of carbonyl (C=O) groups is 1. The second-order valence-electron chi connectivity index (χ2n) is 5.71. The Morgan fingerprint density at radius 1 is 1.52 bits per heavy atom. The summed E-state index contributed by atoms with van der Waals surface area (Å²) in [4.78, 5) is 12.2. The van der Waals surface area contributed by atoms with E-state index < -0.39 is 0 Å². The molecule has 1 aliphatic rings. The summed E-state index contributed by atoms with van der Waals surface area (Å²) in [5, 5.41) is 11.6. The Hall–Kier alpha value is -1.34. The number of nitrogens with zero attached hydrogens (tertiary/aromatic N) is 3. The molecule has 0 bridgehead atoms. The fraction of sp³-hybridized carbons (Fsp3) is 0.688. The van der Waals surface area contributed by atoms with Gasteiger partial charge in [-0.05, 0) is 39.0 Å². The van der Waals surface area contributed by atoms with Crippen LogP contribution in [0.5, 0.6) is 0 Å². The van der Waals surface area contributed by atoms with Gasteiger partial charge < -0.3 is 14.6 Å². The Bertz CT molecular complexity index is 530. The molecule has 0 aromatic carbocycles. The van der Waals surface area contributed by atoms with E-state index in [2.05, 4.69) is 21.6 Å². The number of allylic oxidation sites excluding steroid dienone is 1. The highest BCUT2D eigenvalue weighted by Gasteiger charge is 2.17. The van der Waals surface area contributed by atoms with E-state index in [9.17, 15) is 4.79 Å². The Labute approximate surface area is 142 Å². The molecule has 0 spiro atoms. The Kier molecular flexibility index (Phi) is 7.61. The fourth-order valence-electron chi connectivity index (χ4n) is 2.51. The number of rotatable bonds is 9. The van der Waals surface area contributed by atoms with Crippen LogP contribution in [0.25, 0.3) is 0 Å². The summed E-state index contributed by atoms with van der Waals surface area (Å²) in [6.45, 7) is 3.90. The minimum atomic E-state index is -0.194. The maximum Gasteiger partial charge on any atom is 0.233 e. The number of thioether (sulfide) groups is 1. The second-order valence-corrected chi connectivity index (χ2v) is 7.02. The molecule has 1 aliphatic carbocycles. The first-order valence-corrected chi connectivity index (χ1v) is 9.07. The van der Waals surface area contributed by atoms with Crippen molar-refractivity contribution in [3.05, 3.63) is 18.0 Å². The van der Waals surface area contributed by atoms with Crippen molar-refractivity contribution in [1.29, 1.82) is 0 Å². The van der Waals surface area contributed by atoms with Crippen molar-refractivity contribution in [2.45, 2.75) is 56.0 Å². The normalized spacial score (nSPS) is 16.0. The smallest absolute Gasteiger partial charge is 0.233 e. The van der Waals surface area contributed by atoms with Crippen LogP contribution in [-0.4, -0.2) is 46.2 Å². The largest absolute Gasteiger partial charge is 0.383 e. The van der Waals surface area contributed by atoms with Gasteiger partial charge in [-0.15, -0.1) is 10.2 Å². The summed E-state index contributed by atoms with van der Waals surface area (Å²) in [7, 11) is 1.66. The molecule has 0 saturated heterocycles. The molecule has 1 atom stereocenters. The molecule has 1 unspecified atom stereocenters. The summed E-state index contributed by atoms with van der Waals surface area (Å²) in [6, 6.07) is 0. The van der Waals surface area contributed by atoms with Gasteiger partial charge in [0, 0.05) is 20.2 Å². The van der Waals surface area contributed by atoms with Crippen LogP contribution in [0.1, 0.15) is 39.0 Å². The van der Waals surface area contributed by atoms with E-state index >= 15 is 0 Å². The van der Waals surface area contributed by atoms with Crippen molar-refractivity contribution in [3.63, 3.8) is 0 Å². The van der Waals surface area contributed by atoms with Gasteiger partial charge in [0.1, 0.15) is 6.33 Å². The molecule has 7 heteroatoms. The summed E-state index contributed by atoms with van der Waals surface area (Å²) in [5.41, 5.74) is 1.48. The van der Waals surface area contributed by atoms with Crippen LogP contribution in [0.2, 0.25) is 0 Å². The summed E-state index contributed by atoms with van der Waals surface area (Å²) in [6.07, 6.45) is 9.91. The zero-order valence-electron chi connectivity index (χ0n) is 14.0. The lowest BCUT2D eigenvalue weighted by Gasteiger charge is -2.15. The van der Waals surface area contributed by atoms with Gasteiger partial charge in [0.15, 0.2) is 5.16 Å². The number of hydrogen-bond acceptors (Lipinski definition) is 5. The number of hydrogen-bond donors (Lipinski definition) is 1. The lowest BCUT2D eigenvalue weighted by atomic mass is 9.97. The van der Waals surface area contributed by atoms with Crippen LogP contribution in [0.4, 0.5) is 0 Å². The lowest BCUT2D eigenvalue weighted by molar-refractivity contribution is -0.120. The van der Waals surface area contributed by atoms with Crippen LogP contribution in [0, 0.1) is 0 Å². The topological polar surface area (TPSA) is 69.0 Å². The minimum absolute atomic E-state index is 0.0488. The van der Waals surface area contributed by atoms with Gasteiger partial charge in [0.25, 0.3) is 0 Å². The first-order chi connectivity index (χ1) is 11.2. The highest BCUT2D eigenvalue weighted by atomic mass is 32.2. The van der Waals surface area contributed by atoms with E-state index in [1.165, 1.54) is 43.0 Å². The molecule has 0 aliphatic heterocycles. The van der Waals surface area contributed by atoms with E-state index in [0.717, 1.165) is 11.6 Å². The van der Waals surface area contributed by atoms with Crippen molar-refractivity contribution >= 4 is 17.7 Å². The second kappa shape index (κ2) is 9.72. The fourth-order valence-corrected chi connectivity index (χ4v) is 3.39. The Morgan fingerprint density at radius 2 is 2.39 bits per heavy atom. The monoisotopic (exact) mass is 338 g/mol. The molecule has 1 N–H and O–H groups in total. The molecule has 2 rings (SSSR count). The van der Waals surface area contributed by atoms with Crippen LogP contribution >= 0.6 is 11.8 Å². The molecule has 0 fully saturated rings. The summed E-state index contributed by atoms with van der Waals surface area (Å²) < 4.78 is 6.97. The van der Waals surface area contributed by atoms with Gasteiger partial charge in [0.2, 0.25) is 5.91 Å². The molecule has 6 nitrogen and oxygen atoms in total. The molecule has 23 heavy (non-hydrogen) atoms. The van der Waals surface area contributed by atoms with E-state index in [0.29, 0.717) is 19.7 Å². The maximum absolute atomic E-state index is 12.2.